The van der Waals surface area contributed by atoms with Crippen molar-refractivity contribution < 1.29 is 8.78 Å². The van der Waals surface area contributed by atoms with E-state index in [4.69, 9.17) is 0 Å². The Bertz CT molecular complexity index is 314. The highest BCUT2D eigenvalue weighted by molar-refractivity contribution is 5.17. The largest absolute Gasteiger partial charge is 0.313 e. The summed E-state index contributed by atoms with van der Waals surface area (Å²) in [4.78, 5) is 0. The zero-order valence-electron chi connectivity index (χ0n) is 8.60. The van der Waals surface area contributed by atoms with Gasteiger partial charge in [0.25, 0.3) is 0 Å². The van der Waals surface area contributed by atoms with Gasteiger partial charge in [-0.25, -0.2) is 8.78 Å². The van der Waals surface area contributed by atoms with E-state index in [0.29, 0.717) is 12.1 Å². The fourth-order valence-electron chi connectivity index (χ4n) is 1.66. The van der Waals surface area contributed by atoms with Gasteiger partial charge in [0.05, 0.1) is 0 Å². The maximum absolute atomic E-state index is 12.8. The van der Waals surface area contributed by atoms with Gasteiger partial charge in [-0.1, -0.05) is 12.8 Å². The molecule has 0 saturated heterocycles. The van der Waals surface area contributed by atoms with Gasteiger partial charge in [-0.15, -0.1) is 0 Å². The van der Waals surface area contributed by atoms with Crippen molar-refractivity contribution in [2.45, 2.75) is 25.8 Å². The van der Waals surface area contributed by atoms with Gasteiger partial charge in [-0.05, 0) is 36.6 Å². The Balaban J connectivity index is 1.76. The zero-order valence-corrected chi connectivity index (χ0v) is 8.60. The van der Waals surface area contributed by atoms with Crippen molar-refractivity contribution in [3.8, 4) is 0 Å². The molecule has 1 aromatic rings. The van der Waals surface area contributed by atoms with Gasteiger partial charge in [0.15, 0.2) is 0 Å². The van der Waals surface area contributed by atoms with Crippen LogP contribution < -0.4 is 5.32 Å². The lowest BCUT2D eigenvalue weighted by Gasteiger charge is -2.04. The molecule has 3 heteroatoms. The molecular weight excluding hydrogens is 196 g/mol. The molecule has 0 aromatic heterocycles. The Kier molecular flexibility index (Phi) is 3.31. The molecule has 15 heavy (non-hydrogen) atoms. The first-order chi connectivity index (χ1) is 7.24. The molecule has 0 aliphatic heterocycles. The molecule has 1 nitrogen and oxygen atoms in total. The molecule has 1 fully saturated rings. The summed E-state index contributed by atoms with van der Waals surface area (Å²) in [5.41, 5.74) is 0.670. The van der Waals surface area contributed by atoms with Crippen molar-refractivity contribution >= 4 is 0 Å². The predicted octanol–water partition coefficient (Wildman–Crippen LogP) is 2.85. The molecule has 82 valence electrons. The van der Waals surface area contributed by atoms with Gasteiger partial charge in [0.1, 0.15) is 11.6 Å². The van der Waals surface area contributed by atoms with Gasteiger partial charge in [0, 0.05) is 12.6 Å². The standard InChI is InChI=1S/C12H15F2N/c13-11-5-10(6-12(14)7-11)8-15-4-3-9-1-2-9/h5-7,9,15H,1-4,8H2. The molecule has 0 atom stereocenters. The third kappa shape index (κ3) is 3.59. The number of hydrogen-bond donors (Lipinski definition) is 1. The van der Waals surface area contributed by atoms with Crippen LogP contribution in [-0.4, -0.2) is 6.54 Å². The van der Waals surface area contributed by atoms with Crippen molar-refractivity contribution in [2.24, 2.45) is 5.92 Å². The Hall–Kier alpha value is -0.960. The molecule has 1 aliphatic carbocycles. The van der Waals surface area contributed by atoms with Gasteiger partial charge < -0.3 is 5.32 Å². The summed E-state index contributed by atoms with van der Waals surface area (Å²) in [7, 11) is 0. The second-order valence-corrected chi connectivity index (χ2v) is 4.19. The molecule has 0 amide bonds. The fourth-order valence-corrected chi connectivity index (χ4v) is 1.66. The van der Waals surface area contributed by atoms with E-state index < -0.39 is 11.6 Å². The molecule has 2 rings (SSSR count). The first kappa shape index (κ1) is 10.6. The number of benzene rings is 1. The van der Waals surface area contributed by atoms with Gasteiger partial charge in [0.2, 0.25) is 0 Å². The smallest absolute Gasteiger partial charge is 0.126 e. The lowest BCUT2D eigenvalue weighted by Crippen LogP contribution is -2.15. The summed E-state index contributed by atoms with van der Waals surface area (Å²) >= 11 is 0. The Labute approximate surface area is 88.5 Å². The monoisotopic (exact) mass is 211 g/mol. The molecule has 1 aliphatic rings. The van der Waals surface area contributed by atoms with Crippen molar-refractivity contribution in [3.63, 3.8) is 0 Å². The third-order valence-corrected chi connectivity index (χ3v) is 2.68. The highest BCUT2D eigenvalue weighted by Gasteiger charge is 2.19. The second-order valence-electron chi connectivity index (χ2n) is 4.19. The first-order valence-electron chi connectivity index (χ1n) is 5.40. The van der Waals surface area contributed by atoms with E-state index in [2.05, 4.69) is 5.32 Å². The van der Waals surface area contributed by atoms with E-state index in [0.717, 1.165) is 18.5 Å². The average molecular weight is 211 g/mol. The van der Waals surface area contributed by atoms with E-state index in [1.165, 1.54) is 31.4 Å². The molecular formula is C12H15F2N. The minimum Gasteiger partial charge on any atom is -0.313 e. The van der Waals surface area contributed by atoms with Crippen LogP contribution in [-0.2, 0) is 6.54 Å². The molecule has 0 spiro atoms. The summed E-state index contributed by atoms with van der Waals surface area (Å²) in [6.07, 6.45) is 3.87. The topological polar surface area (TPSA) is 12.0 Å². The van der Waals surface area contributed by atoms with E-state index in [9.17, 15) is 8.78 Å². The van der Waals surface area contributed by atoms with Crippen LogP contribution >= 0.6 is 0 Å². The van der Waals surface area contributed by atoms with Crippen molar-refractivity contribution in [1.29, 1.82) is 0 Å². The van der Waals surface area contributed by atoms with Crippen LogP contribution in [0.15, 0.2) is 18.2 Å². The second kappa shape index (κ2) is 4.71. The summed E-state index contributed by atoms with van der Waals surface area (Å²) in [5.74, 6) is -0.121. The minimum absolute atomic E-state index is 0.506. The quantitative estimate of drug-likeness (QED) is 0.738. The fraction of sp³-hybridized carbons (Fsp3) is 0.500. The van der Waals surface area contributed by atoms with E-state index in [-0.39, 0.29) is 0 Å². The summed E-state index contributed by atoms with van der Waals surface area (Å²) in [6.45, 7) is 1.48. The summed E-state index contributed by atoms with van der Waals surface area (Å²) in [6, 6.07) is 3.63. The number of nitrogens with one attached hydrogen (secondary N) is 1. The van der Waals surface area contributed by atoms with Gasteiger partial charge in [-0.2, -0.15) is 0 Å². The zero-order chi connectivity index (χ0) is 10.7. The number of hydrogen-bond acceptors (Lipinski definition) is 1. The lowest BCUT2D eigenvalue weighted by atomic mass is 10.2. The Morgan fingerprint density at radius 3 is 2.40 bits per heavy atom. The van der Waals surface area contributed by atoms with Crippen LogP contribution in [0, 0.1) is 17.6 Å². The van der Waals surface area contributed by atoms with Crippen molar-refractivity contribution in [3.05, 3.63) is 35.4 Å². The average Bonchev–Trinajstić information content (AvgIpc) is 2.94. The third-order valence-electron chi connectivity index (χ3n) is 2.68. The normalized spacial score (nSPS) is 15.6. The number of rotatable bonds is 5. The maximum atomic E-state index is 12.8. The molecule has 1 aromatic carbocycles. The van der Waals surface area contributed by atoms with Crippen LogP contribution in [0.4, 0.5) is 8.78 Å². The SMILES string of the molecule is Fc1cc(F)cc(CNCCC2CC2)c1. The van der Waals surface area contributed by atoms with Crippen molar-refractivity contribution in [2.75, 3.05) is 6.54 Å². The van der Waals surface area contributed by atoms with E-state index >= 15 is 0 Å². The first-order valence-corrected chi connectivity index (χ1v) is 5.40. The highest BCUT2D eigenvalue weighted by atomic mass is 19.1. The Morgan fingerprint density at radius 1 is 1.13 bits per heavy atom. The van der Waals surface area contributed by atoms with Gasteiger partial charge >= 0.3 is 0 Å². The van der Waals surface area contributed by atoms with Crippen LogP contribution in [0.5, 0.6) is 0 Å². The van der Waals surface area contributed by atoms with E-state index in [1.54, 1.807) is 0 Å². The highest BCUT2D eigenvalue weighted by Crippen LogP contribution is 2.31. The molecule has 1 saturated carbocycles. The van der Waals surface area contributed by atoms with Crippen LogP contribution in [0.2, 0.25) is 0 Å². The van der Waals surface area contributed by atoms with Gasteiger partial charge in [-0.3, -0.25) is 0 Å². The molecule has 0 heterocycles. The number of halogens is 2. The molecule has 1 N–H and O–H groups in total. The maximum Gasteiger partial charge on any atom is 0.126 e. The molecule has 0 bridgehead atoms. The van der Waals surface area contributed by atoms with E-state index in [1.807, 2.05) is 0 Å². The summed E-state index contributed by atoms with van der Waals surface area (Å²) < 4.78 is 25.6. The van der Waals surface area contributed by atoms with Crippen molar-refractivity contribution in [1.82, 2.24) is 5.32 Å². The molecule has 0 radical (unpaired) electrons. The lowest BCUT2D eigenvalue weighted by molar-refractivity contribution is 0.570. The minimum atomic E-state index is -0.506. The molecule has 0 unspecified atom stereocenters. The van der Waals surface area contributed by atoms with Crippen LogP contribution in [0.25, 0.3) is 0 Å². The van der Waals surface area contributed by atoms with Crippen LogP contribution in [0.3, 0.4) is 0 Å². The predicted molar refractivity (Wildman–Crippen MR) is 55.4 cm³/mol. The van der Waals surface area contributed by atoms with Crippen LogP contribution in [0.1, 0.15) is 24.8 Å². The summed E-state index contributed by atoms with van der Waals surface area (Å²) in [5, 5.41) is 3.19. The Morgan fingerprint density at radius 2 is 1.80 bits per heavy atom.